The fraction of sp³-hybridized carbons (Fsp3) is 0.364. The summed E-state index contributed by atoms with van der Waals surface area (Å²) in [5.41, 5.74) is 0.211. The van der Waals surface area contributed by atoms with Gasteiger partial charge < -0.3 is 14.6 Å². The Hall–Kier alpha value is -1.76. The van der Waals surface area contributed by atoms with Gasteiger partial charge in [-0.05, 0) is 17.7 Å². The molecule has 0 unspecified atom stereocenters. The highest BCUT2D eigenvalue weighted by Crippen LogP contribution is 2.21. The molecule has 0 radical (unpaired) electrons. The summed E-state index contributed by atoms with van der Waals surface area (Å²) in [7, 11) is 1.31. The minimum atomic E-state index is -4.40. The van der Waals surface area contributed by atoms with Crippen molar-refractivity contribution >= 4 is 5.97 Å². The molecule has 0 amide bonds. The summed E-state index contributed by atoms with van der Waals surface area (Å²) in [4.78, 5) is 10.9. The maximum absolute atomic E-state index is 11.8. The Morgan fingerprint density at radius 2 is 2.06 bits per heavy atom. The zero-order chi connectivity index (χ0) is 13.8. The number of rotatable bonds is 5. The Kier molecular flexibility index (Phi) is 4.55. The van der Waals surface area contributed by atoms with Crippen LogP contribution in [0.4, 0.5) is 13.2 Å². The normalized spacial score (nSPS) is 11.3. The van der Waals surface area contributed by atoms with Crippen LogP contribution >= 0.6 is 0 Å². The van der Waals surface area contributed by atoms with Gasteiger partial charge in [0.15, 0.2) is 0 Å². The van der Waals surface area contributed by atoms with E-state index in [0.717, 1.165) is 0 Å². The average molecular weight is 264 g/mol. The number of carboxylic acid groups (broad SMARTS) is 1. The van der Waals surface area contributed by atoms with Crippen LogP contribution in [0.3, 0.4) is 0 Å². The number of aromatic carboxylic acids is 1. The fourth-order valence-corrected chi connectivity index (χ4v) is 1.30. The first-order valence-corrected chi connectivity index (χ1v) is 4.88. The number of methoxy groups -OCH3 is 1. The van der Waals surface area contributed by atoms with E-state index in [0.29, 0.717) is 5.56 Å². The molecular weight excluding hydrogens is 253 g/mol. The molecule has 0 atom stereocenters. The lowest BCUT2D eigenvalue weighted by Crippen LogP contribution is -2.16. The Balaban J connectivity index is 2.73. The summed E-state index contributed by atoms with van der Waals surface area (Å²) in [6, 6.07) is 4.04. The van der Waals surface area contributed by atoms with Gasteiger partial charge in [0.05, 0.1) is 13.7 Å². The third-order valence-corrected chi connectivity index (χ3v) is 2.03. The van der Waals surface area contributed by atoms with E-state index in [-0.39, 0.29) is 17.9 Å². The molecule has 4 nitrogen and oxygen atoms in total. The Morgan fingerprint density at radius 3 is 2.56 bits per heavy atom. The number of hydrogen-bond donors (Lipinski definition) is 1. The maximum Gasteiger partial charge on any atom is 0.411 e. The molecule has 1 N–H and O–H groups in total. The molecule has 1 rings (SSSR count). The molecule has 1 aromatic carbocycles. The second kappa shape index (κ2) is 5.72. The van der Waals surface area contributed by atoms with Gasteiger partial charge in [0, 0.05) is 0 Å². The van der Waals surface area contributed by atoms with Gasteiger partial charge in [0.1, 0.15) is 17.9 Å². The topological polar surface area (TPSA) is 55.8 Å². The van der Waals surface area contributed by atoms with Crippen molar-refractivity contribution in [3.05, 3.63) is 29.3 Å². The van der Waals surface area contributed by atoms with Crippen molar-refractivity contribution in [3.8, 4) is 5.75 Å². The predicted octanol–water partition coefficient (Wildman–Crippen LogP) is 2.47. The maximum atomic E-state index is 11.8. The predicted molar refractivity (Wildman–Crippen MR) is 55.7 cm³/mol. The van der Waals surface area contributed by atoms with Crippen LogP contribution < -0.4 is 4.74 Å². The van der Waals surface area contributed by atoms with Crippen molar-refractivity contribution in [2.24, 2.45) is 0 Å². The summed E-state index contributed by atoms with van der Waals surface area (Å²) in [6.07, 6.45) is -4.40. The van der Waals surface area contributed by atoms with E-state index in [9.17, 15) is 18.0 Å². The SMILES string of the molecule is COc1ccc(COCC(F)(F)F)cc1C(=O)O. The molecule has 7 heteroatoms. The Bertz CT molecular complexity index is 429. The Labute approximate surface area is 101 Å². The van der Waals surface area contributed by atoms with E-state index >= 15 is 0 Å². The first kappa shape index (κ1) is 14.3. The molecule has 0 aliphatic rings. The number of ether oxygens (including phenoxy) is 2. The van der Waals surface area contributed by atoms with Crippen LogP contribution in [0.15, 0.2) is 18.2 Å². The van der Waals surface area contributed by atoms with Gasteiger partial charge in [-0.3, -0.25) is 0 Å². The minimum absolute atomic E-state index is 0.120. The van der Waals surface area contributed by atoms with Crippen LogP contribution in [0, 0.1) is 0 Å². The molecule has 100 valence electrons. The quantitative estimate of drug-likeness (QED) is 0.887. The standard InChI is InChI=1S/C11H11F3O4/c1-17-9-3-2-7(4-8(9)10(15)16)5-18-6-11(12,13)14/h2-4H,5-6H2,1H3,(H,15,16). The van der Waals surface area contributed by atoms with Gasteiger partial charge in [-0.25, -0.2) is 4.79 Å². The van der Waals surface area contributed by atoms with E-state index in [1.165, 1.54) is 25.3 Å². The Morgan fingerprint density at radius 1 is 1.39 bits per heavy atom. The molecule has 18 heavy (non-hydrogen) atoms. The smallest absolute Gasteiger partial charge is 0.411 e. The number of carboxylic acids is 1. The molecule has 0 bridgehead atoms. The van der Waals surface area contributed by atoms with Crippen molar-refractivity contribution in [2.75, 3.05) is 13.7 Å². The molecule has 0 aliphatic heterocycles. The largest absolute Gasteiger partial charge is 0.496 e. The van der Waals surface area contributed by atoms with Gasteiger partial charge in [-0.1, -0.05) is 6.07 Å². The molecular formula is C11H11F3O4. The van der Waals surface area contributed by atoms with Crippen LogP contribution in [0.5, 0.6) is 5.75 Å². The summed E-state index contributed by atoms with van der Waals surface area (Å²) in [5, 5.41) is 8.88. The molecule has 0 fully saturated rings. The highest BCUT2D eigenvalue weighted by Gasteiger charge is 2.27. The summed E-state index contributed by atoms with van der Waals surface area (Å²) in [5.74, 6) is -1.08. The number of carbonyl (C=O) groups is 1. The highest BCUT2D eigenvalue weighted by atomic mass is 19.4. The molecule has 1 aromatic rings. The molecule has 0 spiro atoms. The van der Waals surface area contributed by atoms with Crippen molar-refractivity contribution in [2.45, 2.75) is 12.8 Å². The van der Waals surface area contributed by atoms with Crippen molar-refractivity contribution < 1.29 is 32.5 Å². The van der Waals surface area contributed by atoms with Gasteiger partial charge in [0.2, 0.25) is 0 Å². The van der Waals surface area contributed by atoms with E-state index in [4.69, 9.17) is 9.84 Å². The zero-order valence-electron chi connectivity index (χ0n) is 9.45. The minimum Gasteiger partial charge on any atom is -0.496 e. The van der Waals surface area contributed by atoms with Gasteiger partial charge in [-0.2, -0.15) is 13.2 Å². The third kappa shape index (κ3) is 4.25. The second-order valence-corrected chi connectivity index (χ2v) is 3.45. The van der Waals surface area contributed by atoms with Gasteiger partial charge in [-0.15, -0.1) is 0 Å². The fourth-order valence-electron chi connectivity index (χ4n) is 1.30. The van der Waals surface area contributed by atoms with E-state index in [2.05, 4.69) is 4.74 Å². The van der Waals surface area contributed by atoms with Gasteiger partial charge >= 0.3 is 12.1 Å². The third-order valence-electron chi connectivity index (χ3n) is 2.03. The molecule has 0 saturated heterocycles. The number of benzene rings is 1. The van der Waals surface area contributed by atoms with Crippen LogP contribution in [-0.4, -0.2) is 31.0 Å². The summed E-state index contributed by atoms with van der Waals surface area (Å²) >= 11 is 0. The van der Waals surface area contributed by atoms with Crippen molar-refractivity contribution in [3.63, 3.8) is 0 Å². The van der Waals surface area contributed by atoms with Crippen molar-refractivity contribution in [1.82, 2.24) is 0 Å². The molecule has 0 aliphatic carbocycles. The van der Waals surface area contributed by atoms with E-state index < -0.39 is 18.8 Å². The lowest BCUT2D eigenvalue weighted by Gasteiger charge is -2.09. The lowest BCUT2D eigenvalue weighted by molar-refractivity contribution is -0.176. The van der Waals surface area contributed by atoms with Gasteiger partial charge in [0.25, 0.3) is 0 Å². The summed E-state index contributed by atoms with van der Waals surface area (Å²) in [6.45, 7) is -1.69. The lowest BCUT2D eigenvalue weighted by atomic mass is 10.1. The van der Waals surface area contributed by atoms with Crippen LogP contribution in [0.25, 0.3) is 0 Å². The van der Waals surface area contributed by atoms with Crippen molar-refractivity contribution in [1.29, 1.82) is 0 Å². The molecule has 0 aromatic heterocycles. The number of alkyl halides is 3. The number of hydrogen-bond acceptors (Lipinski definition) is 3. The zero-order valence-corrected chi connectivity index (χ0v) is 9.45. The first-order valence-electron chi connectivity index (χ1n) is 4.88. The monoisotopic (exact) mass is 264 g/mol. The van der Waals surface area contributed by atoms with E-state index in [1.807, 2.05) is 0 Å². The first-order chi connectivity index (χ1) is 8.33. The second-order valence-electron chi connectivity index (χ2n) is 3.45. The highest BCUT2D eigenvalue weighted by molar-refractivity contribution is 5.91. The summed E-state index contributed by atoms with van der Waals surface area (Å²) < 4.78 is 44.8. The molecule has 0 saturated carbocycles. The van der Waals surface area contributed by atoms with Crippen LogP contribution in [0.2, 0.25) is 0 Å². The average Bonchev–Trinajstić information content (AvgIpc) is 2.27. The van der Waals surface area contributed by atoms with Crippen LogP contribution in [0.1, 0.15) is 15.9 Å². The van der Waals surface area contributed by atoms with Crippen LogP contribution in [-0.2, 0) is 11.3 Å². The number of halogens is 3. The molecule has 0 heterocycles. The van der Waals surface area contributed by atoms with E-state index in [1.54, 1.807) is 0 Å².